The minimum atomic E-state index is -1.03. The number of nitrogens with zero attached hydrogens (tertiary/aromatic N) is 2. The molecule has 1 aliphatic carbocycles. The van der Waals surface area contributed by atoms with Crippen LogP contribution in [0.2, 0.25) is 0 Å². The first kappa shape index (κ1) is 10.9. The summed E-state index contributed by atoms with van der Waals surface area (Å²) in [6, 6.07) is 1.40. The molecule has 5 heteroatoms. The summed E-state index contributed by atoms with van der Waals surface area (Å²) in [4.78, 5) is 10.8. The van der Waals surface area contributed by atoms with Gasteiger partial charge in [0.15, 0.2) is 0 Å². The Balaban J connectivity index is 1.89. The molecule has 5 nitrogen and oxygen atoms in total. The van der Waals surface area contributed by atoms with E-state index in [1.54, 1.807) is 0 Å². The SMILES string of the molecule is O=C(O)c1ccnnc1OCCC1CCC1. The summed E-state index contributed by atoms with van der Waals surface area (Å²) in [6.45, 7) is 0.518. The van der Waals surface area contributed by atoms with Crippen molar-refractivity contribution in [3.63, 3.8) is 0 Å². The highest BCUT2D eigenvalue weighted by molar-refractivity contribution is 5.89. The highest BCUT2D eigenvalue weighted by atomic mass is 16.5. The van der Waals surface area contributed by atoms with Crippen LogP contribution in [0.5, 0.6) is 5.88 Å². The molecular weight excluding hydrogens is 208 g/mol. The van der Waals surface area contributed by atoms with Crippen molar-refractivity contribution in [3.8, 4) is 5.88 Å². The van der Waals surface area contributed by atoms with Crippen LogP contribution in [0.25, 0.3) is 0 Å². The van der Waals surface area contributed by atoms with Crippen LogP contribution >= 0.6 is 0 Å². The standard InChI is InChI=1S/C11H14N2O3/c14-11(15)9-4-6-12-13-10(9)16-7-5-8-2-1-3-8/h4,6,8H,1-3,5,7H2,(H,14,15). The molecule has 16 heavy (non-hydrogen) atoms. The number of ether oxygens (including phenoxy) is 1. The van der Waals surface area contributed by atoms with Gasteiger partial charge in [-0.1, -0.05) is 19.3 Å². The number of carbonyl (C=O) groups is 1. The maximum absolute atomic E-state index is 10.8. The summed E-state index contributed by atoms with van der Waals surface area (Å²) in [5.74, 6) is -0.173. The Kier molecular flexibility index (Phi) is 3.34. The van der Waals surface area contributed by atoms with E-state index in [0.717, 1.165) is 12.3 Å². The van der Waals surface area contributed by atoms with Crippen molar-refractivity contribution in [2.75, 3.05) is 6.61 Å². The molecule has 0 amide bonds. The minimum absolute atomic E-state index is 0.0728. The van der Waals surface area contributed by atoms with Crippen LogP contribution in [0.15, 0.2) is 12.3 Å². The summed E-state index contributed by atoms with van der Waals surface area (Å²) in [6.07, 6.45) is 6.14. The van der Waals surface area contributed by atoms with E-state index in [9.17, 15) is 4.79 Å². The van der Waals surface area contributed by atoms with E-state index >= 15 is 0 Å². The van der Waals surface area contributed by atoms with Gasteiger partial charge in [-0.2, -0.15) is 5.10 Å². The molecule has 2 rings (SSSR count). The highest BCUT2D eigenvalue weighted by Gasteiger charge is 2.18. The molecule has 1 N–H and O–H groups in total. The average molecular weight is 222 g/mol. The van der Waals surface area contributed by atoms with Gasteiger partial charge < -0.3 is 9.84 Å². The molecule has 0 atom stereocenters. The number of carboxylic acids is 1. The summed E-state index contributed by atoms with van der Waals surface area (Å²) < 4.78 is 5.35. The van der Waals surface area contributed by atoms with Crippen LogP contribution < -0.4 is 4.74 Å². The van der Waals surface area contributed by atoms with Crippen LogP contribution in [0.3, 0.4) is 0 Å². The second kappa shape index (κ2) is 4.92. The topological polar surface area (TPSA) is 72.3 Å². The smallest absolute Gasteiger partial charge is 0.341 e. The third kappa shape index (κ3) is 2.48. The molecule has 0 unspecified atom stereocenters. The number of hydrogen-bond donors (Lipinski definition) is 1. The third-order valence-corrected chi connectivity index (χ3v) is 2.91. The predicted octanol–water partition coefficient (Wildman–Crippen LogP) is 1.74. The molecule has 0 radical (unpaired) electrons. The zero-order valence-corrected chi connectivity index (χ0v) is 8.93. The molecule has 0 spiro atoms. The molecule has 1 saturated carbocycles. The fourth-order valence-corrected chi connectivity index (χ4v) is 1.69. The van der Waals surface area contributed by atoms with Gasteiger partial charge in [0.2, 0.25) is 5.88 Å². The van der Waals surface area contributed by atoms with Gasteiger partial charge in [0.25, 0.3) is 0 Å². The molecule has 0 saturated heterocycles. The first-order valence-corrected chi connectivity index (χ1v) is 5.45. The van der Waals surface area contributed by atoms with Crippen molar-refractivity contribution in [3.05, 3.63) is 17.8 Å². The maximum Gasteiger partial charge on any atom is 0.341 e. The summed E-state index contributed by atoms with van der Waals surface area (Å²) >= 11 is 0. The van der Waals surface area contributed by atoms with Gasteiger partial charge in [-0.15, -0.1) is 5.10 Å². The van der Waals surface area contributed by atoms with E-state index in [0.29, 0.717) is 6.61 Å². The third-order valence-electron chi connectivity index (χ3n) is 2.91. The molecule has 1 aliphatic rings. The molecule has 1 heterocycles. The predicted molar refractivity (Wildman–Crippen MR) is 56.4 cm³/mol. The molecule has 0 aliphatic heterocycles. The van der Waals surface area contributed by atoms with E-state index in [4.69, 9.17) is 9.84 Å². The van der Waals surface area contributed by atoms with Crippen molar-refractivity contribution < 1.29 is 14.6 Å². The van der Waals surface area contributed by atoms with Gasteiger partial charge in [0, 0.05) is 0 Å². The van der Waals surface area contributed by atoms with Gasteiger partial charge in [-0.05, 0) is 18.4 Å². The number of aromatic carboxylic acids is 1. The summed E-state index contributed by atoms with van der Waals surface area (Å²) in [5.41, 5.74) is 0.0728. The Hall–Kier alpha value is -1.65. The zero-order chi connectivity index (χ0) is 11.4. The van der Waals surface area contributed by atoms with E-state index in [-0.39, 0.29) is 11.4 Å². The van der Waals surface area contributed by atoms with Gasteiger partial charge in [-0.25, -0.2) is 4.79 Å². The van der Waals surface area contributed by atoms with E-state index in [1.807, 2.05) is 0 Å². The van der Waals surface area contributed by atoms with E-state index in [1.165, 1.54) is 31.5 Å². The molecule has 1 aromatic heterocycles. The van der Waals surface area contributed by atoms with Crippen molar-refractivity contribution in [1.29, 1.82) is 0 Å². The number of rotatable bonds is 5. The Morgan fingerprint density at radius 1 is 1.56 bits per heavy atom. The second-order valence-electron chi connectivity index (χ2n) is 3.99. The van der Waals surface area contributed by atoms with Crippen LogP contribution in [-0.2, 0) is 0 Å². The number of hydrogen-bond acceptors (Lipinski definition) is 4. The maximum atomic E-state index is 10.8. The first-order chi connectivity index (χ1) is 7.77. The Morgan fingerprint density at radius 2 is 2.38 bits per heavy atom. The molecule has 0 aromatic carbocycles. The summed E-state index contributed by atoms with van der Waals surface area (Å²) in [5, 5.41) is 16.2. The summed E-state index contributed by atoms with van der Waals surface area (Å²) in [7, 11) is 0. The first-order valence-electron chi connectivity index (χ1n) is 5.45. The number of carboxylic acid groups (broad SMARTS) is 1. The highest BCUT2D eigenvalue weighted by Crippen LogP contribution is 2.29. The fraction of sp³-hybridized carbons (Fsp3) is 0.545. The van der Waals surface area contributed by atoms with Crippen LogP contribution in [-0.4, -0.2) is 27.9 Å². The lowest BCUT2D eigenvalue weighted by Gasteiger charge is -2.24. The van der Waals surface area contributed by atoms with Crippen molar-refractivity contribution in [1.82, 2.24) is 10.2 Å². The lowest BCUT2D eigenvalue weighted by molar-refractivity contribution is 0.0690. The van der Waals surface area contributed by atoms with Gasteiger partial charge in [0.05, 0.1) is 12.8 Å². The quantitative estimate of drug-likeness (QED) is 0.821. The molecular formula is C11H14N2O3. The van der Waals surface area contributed by atoms with Crippen LogP contribution in [0.4, 0.5) is 0 Å². The van der Waals surface area contributed by atoms with Gasteiger partial charge in [-0.3, -0.25) is 0 Å². The number of aromatic nitrogens is 2. The lowest BCUT2D eigenvalue weighted by atomic mass is 9.83. The molecule has 1 aromatic rings. The van der Waals surface area contributed by atoms with Crippen molar-refractivity contribution in [2.45, 2.75) is 25.7 Å². The second-order valence-corrected chi connectivity index (χ2v) is 3.99. The van der Waals surface area contributed by atoms with E-state index in [2.05, 4.69) is 10.2 Å². The zero-order valence-electron chi connectivity index (χ0n) is 8.93. The van der Waals surface area contributed by atoms with Gasteiger partial charge >= 0.3 is 5.97 Å². The van der Waals surface area contributed by atoms with Crippen LogP contribution in [0.1, 0.15) is 36.0 Å². The van der Waals surface area contributed by atoms with Gasteiger partial charge in [0.1, 0.15) is 5.56 Å². The average Bonchev–Trinajstić information content (AvgIpc) is 2.22. The lowest BCUT2D eigenvalue weighted by Crippen LogP contribution is -2.15. The Bertz CT molecular complexity index is 377. The molecule has 86 valence electrons. The van der Waals surface area contributed by atoms with Crippen LogP contribution in [0, 0.1) is 5.92 Å². The normalized spacial score (nSPS) is 15.5. The molecule has 1 fully saturated rings. The monoisotopic (exact) mass is 222 g/mol. The van der Waals surface area contributed by atoms with Crippen molar-refractivity contribution in [2.24, 2.45) is 5.92 Å². The largest absolute Gasteiger partial charge is 0.477 e. The Labute approximate surface area is 93.5 Å². The Morgan fingerprint density at radius 3 is 3.00 bits per heavy atom. The molecule has 0 bridgehead atoms. The van der Waals surface area contributed by atoms with Crippen molar-refractivity contribution >= 4 is 5.97 Å². The minimum Gasteiger partial charge on any atom is -0.477 e. The fourth-order valence-electron chi connectivity index (χ4n) is 1.69. The van der Waals surface area contributed by atoms with E-state index < -0.39 is 5.97 Å².